The third-order valence-electron chi connectivity index (χ3n) is 0.682. The summed E-state index contributed by atoms with van der Waals surface area (Å²) in [7, 11) is 1.87. The Balaban J connectivity index is 2.65. The second-order valence-corrected chi connectivity index (χ2v) is 1.36. The van der Waals surface area contributed by atoms with Crippen LogP contribution in [-0.4, -0.2) is 26.8 Å². The molecule has 0 atom stereocenters. The van der Waals surface area contributed by atoms with Gasteiger partial charge in [0.25, 0.3) is 0 Å². The summed E-state index contributed by atoms with van der Waals surface area (Å²) in [5.41, 5.74) is 0. The summed E-state index contributed by atoms with van der Waals surface area (Å²) < 4.78 is 4.92. The van der Waals surface area contributed by atoms with E-state index in [-0.39, 0.29) is 0 Å². The van der Waals surface area contributed by atoms with Crippen molar-refractivity contribution in [2.75, 3.05) is 26.8 Å². The molecule has 2 nitrogen and oxygen atoms in total. The highest BCUT2D eigenvalue weighted by molar-refractivity contribution is 4.82. The van der Waals surface area contributed by atoms with Gasteiger partial charge in [0.2, 0.25) is 0 Å². The van der Waals surface area contributed by atoms with E-state index in [1.54, 1.807) is 0 Å². The van der Waals surface area contributed by atoms with Gasteiger partial charge >= 0.3 is 0 Å². The van der Waals surface area contributed by atoms with Crippen LogP contribution < -0.4 is 5.32 Å². The van der Waals surface area contributed by atoms with Crippen LogP contribution in [0.25, 0.3) is 0 Å². The summed E-state index contributed by atoms with van der Waals surface area (Å²) in [6.07, 6.45) is 4.92. The van der Waals surface area contributed by atoms with Gasteiger partial charge in [0.1, 0.15) is 6.61 Å². The summed E-state index contributed by atoms with van der Waals surface area (Å²) in [5.74, 6) is 2.38. The minimum Gasteiger partial charge on any atom is -0.367 e. The van der Waals surface area contributed by atoms with Gasteiger partial charge in [-0.15, -0.1) is 6.42 Å². The minimum absolute atomic E-state index is 0.418. The number of terminal acetylenes is 1. The Labute approximate surface area is 50.2 Å². The number of ether oxygens (including phenoxy) is 1. The van der Waals surface area contributed by atoms with E-state index in [4.69, 9.17) is 11.2 Å². The summed E-state index contributed by atoms with van der Waals surface area (Å²) in [6.45, 7) is 1.98. The van der Waals surface area contributed by atoms with Crippen molar-refractivity contribution in [3.05, 3.63) is 0 Å². The largest absolute Gasteiger partial charge is 0.367 e. The first kappa shape index (κ1) is 7.48. The molecule has 0 fully saturated rings. The highest BCUT2D eigenvalue weighted by atomic mass is 16.5. The standard InChI is InChI=1S/C6H11NO/c1-3-5-8-6-4-7-2/h1,7H,4-6H2,2H3. The van der Waals surface area contributed by atoms with Crippen LogP contribution in [-0.2, 0) is 4.74 Å². The van der Waals surface area contributed by atoms with E-state index in [1.165, 1.54) is 0 Å². The van der Waals surface area contributed by atoms with Gasteiger partial charge in [-0.25, -0.2) is 0 Å². The van der Waals surface area contributed by atoms with Crippen LogP contribution in [0, 0.1) is 12.3 Å². The van der Waals surface area contributed by atoms with E-state index >= 15 is 0 Å². The third-order valence-corrected chi connectivity index (χ3v) is 0.682. The molecule has 2 heteroatoms. The molecule has 0 amide bonds. The van der Waals surface area contributed by atoms with Crippen LogP contribution in [0.5, 0.6) is 0 Å². The van der Waals surface area contributed by atoms with Gasteiger partial charge in [0.05, 0.1) is 6.61 Å². The number of likely N-dealkylation sites (N-methyl/N-ethyl adjacent to an activating group) is 1. The van der Waals surface area contributed by atoms with Crippen LogP contribution in [0.1, 0.15) is 0 Å². The minimum atomic E-state index is 0.418. The Kier molecular flexibility index (Phi) is 6.06. The first-order valence-electron chi connectivity index (χ1n) is 2.57. The zero-order valence-corrected chi connectivity index (χ0v) is 5.11. The van der Waals surface area contributed by atoms with Crippen molar-refractivity contribution in [1.82, 2.24) is 5.32 Å². The van der Waals surface area contributed by atoms with Crippen molar-refractivity contribution in [1.29, 1.82) is 0 Å². The number of nitrogens with one attached hydrogen (secondary N) is 1. The van der Waals surface area contributed by atoms with Crippen LogP contribution >= 0.6 is 0 Å². The maximum Gasteiger partial charge on any atom is 0.107 e. The molecular formula is C6H11NO. The zero-order chi connectivity index (χ0) is 6.24. The predicted molar refractivity (Wildman–Crippen MR) is 33.6 cm³/mol. The fraction of sp³-hybridized carbons (Fsp3) is 0.667. The average molecular weight is 113 g/mol. The molecule has 0 rings (SSSR count). The Morgan fingerprint density at radius 3 is 3.00 bits per heavy atom. The molecule has 46 valence electrons. The van der Waals surface area contributed by atoms with Crippen molar-refractivity contribution in [2.45, 2.75) is 0 Å². The average Bonchev–Trinajstić information content (AvgIpc) is 1.81. The van der Waals surface area contributed by atoms with Crippen molar-refractivity contribution in [2.24, 2.45) is 0 Å². The maximum atomic E-state index is 4.92. The molecule has 0 saturated heterocycles. The summed E-state index contributed by atoms with van der Waals surface area (Å²) >= 11 is 0. The summed E-state index contributed by atoms with van der Waals surface area (Å²) in [4.78, 5) is 0. The van der Waals surface area contributed by atoms with Crippen molar-refractivity contribution in [3.63, 3.8) is 0 Å². The number of rotatable bonds is 4. The number of hydrogen-bond donors (Lipinski definition) is 1. The topological polar surface area (TPSA) is 21.3 Å². The third kappa shape index (κ3) is 5.48. The van der Waals surface area contributed by atoms with E-state index in [2.05, 4.69) is 11.2 Å². The second-order valence-electron chi connectivity index (χ2n) is 1.36. The highest BCUT2D eigenvalue weighted by Gasteiger charge is 1.78. The summed E-state index contributed by atoms with van der Waals surface area (Å²) in [6, 6.07) is 0. The highest BCUT2D eigenvalue weighted by Crippen LogP contribution is 1.67. The SMILES string of the molecule is C#CCOCCNC. The Morgan fingerprint density at radius 2 is 2.50 bits per heavy atom. The lowest BCUT2D eigenvalue weighted by Crippen LogP contribution is -2.14. The van der Waals surface area contributed by atoms with Gasteiger partial charge < -0.3 is 10.1 Å². The molecule has 1 N–H and O–H groups in total. The molecule has 0 aliphatic heterocycles. The van der Waals surface area contributed by atoms with E-state index < -0.39 is 0 Å². The Hall–Kier alpha value is -0.520. The van der Waals surface area contributed by atoms with Gasteiger partial charge in [-0.3, -0.25) is 0 Å². The normalized spacial score (nSPS) is 8.50. The van der Waals surface area contributed by atoms with E-state index in [0.717, 1.165) is 6.54 Å². The molecule has 0 spiro atoms. The van der Waals surface area contributed by atoms with Gasteiger partial charge in [-0.2, -0.15) is 0 Å². The second kappa shape index (κ2) is 6.48. The van der Waals surface area contributed by atoms with E-state index in [0.29, 0.717) is 13.2 Å². The summed E-state index contributed by atoms with van der Waals surface area (Å²) in [5, 5.41) is 2.93. The molecule has 0 aromatic rings. The van der Waals surface area contributed by atoms with Gasteiger partial charge in [-0.1, -0.05) is 5.92 Å². The molecule has 0 saturated carbocycles. The molecule has 0 heterocycles. The Bertz CT molecular complexity index is 75.1. The monoisotopic (exact) mass is 113 g/mol. The molecule has 0 aromatic heterocycles. The van der Waals surface area contributed by atoms with Gasteiger partial charge in [-0.05, 0) is 7.05 Å². The first-order chi connectivity index (χ1) is 3.91. The lowest BCUT2D eigenvalue weighted by Gasteiger charge is -1.96. The molecular weight excluding hydrogens is 102 g/mol. The van der Waals surface area contributed by atoms with Crippen molar-refractivity contribution in [3.8, 4) is 12.3 Å². The zero-order valence-electron chi connectivity index (χ0n) is 5.11. The number of hydrogen-bond acceptors (Lipinski definition) is 2. The fourth-order valence-corrected chi connectivity index (χ4v) is 0.305. The predicted octanol–water partition coefficient (Wildman–Crippen LogP) is -0.144. The fourth-order valence-electron chi connectivity index (χ4n) is 0.305. The molecule has 0 bridgehead atoms. The van der Waals surface area contributed by atoms with E-state index in [1.807, 2.05) is 7.05 Å². The van der Waals surface area contributed by atoms with Crippen LogP contribution in [0.3, 0.4) is 0 Å². The lowest BCUT2D eigenvalue weighted by atomic mass is 10.7. The van der Waals surface area contributed by atoms with Crippen LogP contribution in [0.4, 0.5) is 0 Å². The molecule has 0 radical (unpaired) electrons. The molecule has 0 aromatic carbocycles. The lowest BCUT2D eigenvalue weighted by molar-refractivity contribution is 0.170. The smallest absolute Gasteiger partial charge is 0.107 e. The first-order valence-corrected chi connectivity index (χ1v) is 2.57. The molecule has 8 heavy (non-hydrogen) atoms. The van der Waals surface area contributed by atoms with Crippen LogP contribution in [0.15, 0.2) is 0 Å². The van der Waals surface area contributed by atoms with E-state index in [9.17, 15) is 0 Å². The van der Waals surface area contributed by atoms with Gasteiger partial charge in [0, 0.05) is 6.54 Å². The van der Waals surface area contributed by atoms with Crippen molar-refractivity contribution >= 4 is 0 Å². The molecule has 0 aliphatic carbocycles. The van der Waals surface area contributed by atoms with Crippen molar-refractivity contribution < 1.29 is 4.74 Å². The van der Waals surface area contributed by atoms with Gasteiger partial charge in [0.15, 0.2) is 0 Å². The quantitative estimate of drug-likeness (QED) is 0.404. The Morgan fingerprint density at radius 1 is 1.75 bits per heavy atom. The van der Waals surface area contributed by atoms with Crippen LogP contribution in [0.2, 0.25) is 0 Å². The molecule has 0 aliphatic rings. The molecule has 0 unspecified atom stereocenters. The maximum absolute atomic E-state index is 4.92.